The number of ketones is 1. The number of para-hydroxylation sites is 1. The molecule has 2 aliphatic heterocycles. The number of nitrogens with zero attached hydrogens (tertiary/aromatic N) is 4. The molecular formula is C30H47N5O3Si. The van der Waals surface area contributed by atoms with Crippen LogP contribution >= 0.6 is 0 Å². The number of anilines is 1. The lowest BCUT2D eigenvalue weighted by molar-refractivity contribution is -0.116. The number of aliphatic hydroxyl groups is 1. The van der Waals surface area contributed by atoms with Gasteiger partial charge in [-0.3, -0.25) is 19.6 Å². The number of β-amino-alcohol motifs (C(OH)–C–C–N with tert-alkyl or cyclic N) is 1. The van der Waals surface area contributed by atoms with E-state index in [-0.39, 0.29) is 29.4 Å². The third-order valence-electron chi connectivity index (χ3n) is 8.90. The molecule has 9 heteroatoms. The number of piperazine rings is 1. The molecule has 0 bridgehead atoms. The van der Waals surface area contributed by atoms with Crippen molar-refractivity contribution in [2.24, 2.45) is 5.41 Å². The number of rotatable bonds is 6. The number of nitrogens with one attached hydrogen (secondary N) is 1. The molecule has 0 aromatic heterocycles. The van der Waals surface area contributed by atoms with Gasteiger partial charge in [0.2, 0.25) is 0 Å². The largest absolute Gasteiger partial charge is 0.391 e. The zero-order valence-electron chi connectivity index (χ0n) is 24.9. The highest BCUT2D eigenvalue weighted by Gasteiger charge is 2.59. The standard InChI is InChI=1S/C30H47N5O3Si/c1-29(2,3)26(37)21-33-28(38)34(22-14-10-9-11-15-22)27(35(33)39(7,8)30(4,5)6)32-19-18-31-20-24(32)23-16-12-13-17-25(23)36/h9-16,24,26-27,31,37H,17-21H2,1-8H3. The summed E-state index contributed by atoms with van der Waals surface area (Å²) in [5, 5.41) is 16.5. The average molecular weight is 554 g/mol. The van der Waals surface area contributed by atoms with Gasteiger partial charge in [0.1, 0.15) is 0 Å². The molecule has 2 heterocycles. The van der Waals surface area contributed by atoms with Gasteiger partial charge in [0.25, 0.3) is 0 Å². The maximum absolute atomic E-state index is 14.5. The van der Waals surface area contributed by atoms with Crippen molar-refractivity contribution in [3.8, 4) is 0 Å². The predicted molar refractivity (Wildman–Crippen MR) is 160 cm³/mol. The highest BCUT2D eigenvalue weighted by atomic mass is 28.3. The Hall–Kier alpha value is -2.30. The maximum Gasteiger partial charge on any atom is 0.341 e. The van der Waals surface area contributed by atoms with Crippen molar-refractivity contribution in [2.75, 3.05) is 31.1 Å². The van der Waals surface area contributed by atoms with Gasteiger partial charge in [-0.25, -0.2) is 9.47 Å². The van der Waals surface area contributed by atoms with E-state index >= 15 is 0 Å². The zero-order chi connectivity index (χ0) is 28.8. The van der Waals surface area contributed by atoms with Crippen LogP contribution in [0.4, 0.5) is 10.5 Å². The van der Waals surface area contributed by atoms with Crippen molar-refractivity contribution >= 4 is 25.7 Å². The molecule has 2 amide bonds. The van der Waals surface area contributed by atoms with E-state index in [1.54, 1.807) is 0 Å². The topological polar surface area (TPSA) is 79.4 Å². The van der Waals surface area contributed by atoms with Crippen LogP contribution in [0.5, 0.6) is 0 Å². The molecule has 1 aromatic rings. The minimum Gasteiger partial charge on any atom is -0.391 e. The van der Waals surface area contributed by atoms with Crippen LogP contribution in [0.25, 0.3) is 0 Å². The average Bonchev–Trinajstić information content (AvgIpc) is 3.16. The molecule has 1 aliphatic carbocycles. The summed E-state index contributed by atoms with van der Waals surface area (Å²) in [4.78, 5) is 31.9. The van der Waals surface area contributed by atoms with Crippen LogP contribution in [0.3, 0.4) is 0 Å². The third kappa shape index (κ3) is 5.65. The van der Waals surface area contributed by atoms with Gasteiger partial charge in [-0.15, -0.1) is 0 Å². The first-order chi connectivity index (χ1) is 18.2. The van der Waals surface area contributed by atoms with E-state index in [2.05, 4.69) is 48.8 Å². The first-order valence-corrected chi connectivity index (χ1v) is 17.1. The number of hydrogen-bond acceptors (Lipinski definition) is 6. The number of hydrazine groups is 1. The molecule has 1 aromatic carbocycles. The monoisotopic (exact) mass is 553 g/mol. The lowest BCUT2D eigenvalue weighted by Gasteiger charge is -2.53. The Bertz CT molecular complexity index is 1120. The van der Waals surface area contributed by atoms with E-state index < -0.39 is 26.0 Å². The smallest absolute Gasteiger partial charge is 0.341 e. The summed E-state index contributed by atoms with van der Waals surface area (Å²) >= 11 is 0. The molecule has 0 spiro atoms. The molecule has 2 saturated heterocycles. The fourth-order valence-electron chi connectivity index (χ4n) is 5.35. The van der Waals surface area contributed by atoms with Gasteiger partial charge in [-0.2, -0.15) is 0 Å². The summed E-state index contributed by atoms with van der Waals surface area (Å²) in [6.07, 6.45) is 5.07. The van der Waals surface area contributed by atoms with E-state index in [0.29, 0.717) is 19.5 Å². The molecule has 214 valence electrons. The molecule has 3 aliphatic rings. The van der Waals surface area contributed by atoms with Crippen LogP contribution < -0.4 is 10.2 Å². The molecule has 3 unspecified atom stereocenters. The van der Waals surface area contributed by atoms with Crippen LogP contribution in [0.15, 0.2) is 54.1 Å². The van der Waals surface area contributed by atoms with Crippen LogP contribution in [-0.2, 0) is 4.79 Å². The Balaban J connectivity index is 1.91. The number of urea groups is 1. The summed E-state index contributed by atoms with van der Waals surface area (Å²) in [7, 11) is -2.42. The predicted octanol–water partition coefficient (Wildman–Crippen LogP) is 4.57. The lowest BCUT2D eigenvalue weighted by Crippen LogP contribution is -2.70. The van der Waals surface area contributed by atoms with Gasteiger partial charge < -0.3 is 10.4 Å². The van der Waals surface area contributed by atoms with Crippen LogP contribution in [0.2, 0.25) is 18.1 Å². The quantitative estimate of drug-likeness (QED) is 0.503. The molecule has 2 fully saturated rings. The fourth-order valence-corrected chi connectivity index (χ4v) is 7.65. The Morgan fingerprint density at radius 2 is 1.74 bits per heavy atom. The van der Waals surface area contributed by atoms with Crippen molar-refractivity contribution in [2.45, 2.75) is 84.5 Å². The molecule has 0 saturated carbocycles. The SMILES string of the molecule is CC(C)(C)C(O)CN1C(=O)N(c2ccccc2)C(N2CCNCC2C2=CC=CCC2=O)N1[Si](C)(C)C(C)(C)C. The summed E-state index contributed by atoms with van der Waals surface area (Å²) < 4.78 is 2.32. The Labute approximate surface area is 235 Å². The van der Waals surface area contributed by atoms with Crippen LogP contribution in [0.1, 0.15) is 48.0 Å². The van der Waals surface area contributed by atoms with Crippen LogP contribution in [-0.4, -0.2) is 84.4 Å². The number of aliphatic hydroxyl groups excluding tert-OH is 1. The number of hydrogen-bond donors (Lipinski definition) is 2. The molecule has 4 rings (SSSR count). The lowest BCUT2D eigenvalue weighted by atomic mass is 9.89. The second-order valence-corrected chi connectivity index (χ2v) is 18.7. The van der Waals surface area contributed by atoms with Crippen molar-refractivity contribution in [1.82, 2.24) is 19.9 Å². The number of allylic oxidation sites excluding steroid dienone is 3. The molecule has 39 heavy (non-hydrogen) atoms. The molecular weight excluding hydrogens is 506 g/mol. The van der Waals surface area contributed by atoms with E-state index in [4.69, 9.17) is 0 Å². The van der Waals surface area contributed by atoms with Gasteiger partial charge >= 0.3 is 6.03 Å². The van der Waals surface area contributed by atoms with Crippen molar-refractivity contribution in [3.05, 3.63) is 54.1 Å². The second kappa shape index (κ2) is 10.9. The highest BCUT2D eigenvalue weighted by molar-refractivity contribution is 6.77. The van der Waals surface area contributed by atoms with E-state index in [0.717, 1.165) is 17.8 Å². The van der Waals surface area contributed by atoms with Crippen molar-refractivity contribution < 1.29 is 14.7 Å². The highest BCUT2D eigenvalue weighted by Crippen LogP contribution is 2.45. The van der Waals surface area contributed by atoms with Crippen LogP contribution in [0, 0.1) is 5.41 Å². The molecule has 0 radical (unpaired) electrons. The Morgan fingerprint density at radius 1 is 1.08 bits per heavy atom. The van der Waals surface area contributed by atoms with Gasteiger partial charge in [0.15, 0.2) is 20.3 Å². The van der Waals surface area contributed by atoms with Gasteiger partial charge in [0, 0.05) is 37.3 Å². The van der Waals surface area contributed by atoms with Gasteiger partial charge in [-0.05, 0) is 22.6 Å². The number of benzene rings is 1. The molecule has 8 nitrogen and oxygen atoms in total. The molecule has 3 atom stereocenters. The molecule has 2 N–H and O–H groups in total. The number of amides is 2. The number of carbonyl (C=O) groups excluding carboxylic acids is 2. The minimum atomic E-state index is -2.42. The van der Waals surface area contributed by atoms with Crippen molar-refractivity contribution in [1.29, 1.82) is 0 Å². The maximum atomic E-state index is 14.5. The normalized spacial score (nSPS) is 24.9. The summed E-state index contributed by atoms with van der Waals surface area (Å²) in [6.45, 7) is 19.6. The van der Waals surface area contributed by atoms with Gasteiger partial charge in [-0.1, -0.05) is 91.1 Å². The first kappa shape index (κ1) is 29.7. The van der Waals surface area contributed by atoms with E-state index in [1.807, 2.05) is 79.2 Å². The Morgan fingerprint density at radius 3 is 2.33 bits per heavy atom. The summed E-state index contributed by atoms with van der Waals surface area (Å²) in [6, 6.07) is 9.50. The van der Waals surface area contributed by atoms with Gasteiger partial charge in [0.05, 0.1) is 18.7 Å². The Kier molecular flexibility index (Phi) is 8.32. The van der Waals surface area contributed by atoms with E-state index in [9.17, 15) is 14.7 Å². The summed E-state index contributed by atoms with van der Waals surface area (Å²) in [5.41, 5.74) is 1.21. The zero-order valence-corrected chi connectivity index (χ0v) is 25.9. The number of carbonyl (C=O) groups is 2. The number of Topliss-reactive ketones (excluding diaryl/α,β-unsaturated/α-hetero) is 1. The van der Waals surface area contributed by atoms with Crippen molar-refractivity contribution in [3.63, 3.8) is 0 Å². The second-order valence-electron chi connectivity index (χ2n) is 13.6. The minimum absolute atomic E-state index is 0.0879. The summed E-state index contributed by atoms with van der Waals surface area (Å²) in [5.74, 6) is 0.130. The van der Waals surface area contributed by atoms with E-state index in [1.165, 1.54) is 0 Å². The third-order valence-corrected chi connectivity index (χ3v) is 14.2. The fraction of sp³-hybridized carbons (Fsp3) is 0.600. The first-order valence-electron chi connectivity index (χ1n) is 14.2.